The molecule has 0 bridgehead atoms. The van der Waals surface area contributed by atoms with E-state index >= 15 is 0 Å². The van der Waals surface area contributed by atoms with Gasteiger partial charge in [-0.25, -0.2) is 9.59 Å². The smallest absolute Gasteiger partial charge is 0.341 e. The third-order valence-corrected chi connectivity index (χ3v) is 3.36. The molecule has 6 heteroatoms. The normalized spacial score (nSPS) is 13.1. The summed E-state index contributed by atoms with van der Waals surface area (Å²) in [4.78, 5) is 24.4. The van der Waals surface area contributed by atoms with Crippen LogP contribution in [0.2, 0.25) is 0 Å². The van der Waals surface area contributed by atoms with Crippen molar-refractivity contribution in [2.24, 2.45) is 0 Å². The van der Waals surface area contributed by atoms with E-state index in [0.717, 1.165) is 0 Å². The quantitative estimate of drug-likeness (QED) is 0.591. The molecule has 2 atom stereocenters. The van der Waals surface area contributed by atoms with Crippen molar-refractivity contribution >= 4 is 11.9 Å². The number of ether oxygens (including phenoxy) is 2. The molecule has 0 aromatic heterocycles. The summed E-state index contributed by atoms with van der Waals surface area (Å²) in [7, 11) is 0. The van der Waals surface area contributed by atoms with Gasteiger partial charge in [-0.3, -0.25) is 0 Å². The van der Waals surface area contributed by atoms with Crippen molar-refractivity contribution in [1.29, 1.82) is 0 Å². The van der Waals surface area contributed by atoms with Crippen molar-refractivity contribution in [3.05, 3.63) is 71.8 Å². The SMILES string of the molecule is C[C@H](O)C[C@H](O)C(OC(=O)c1ccccc1)OC(=O)c1ccccc1. The van der Waals surface area contributed by atoms with Crippen molar-refractivity contribution in [1.82, 2.24) is 0 Å². The molecule has 2 N–H and O–H groups in total. The van der Waals surface area contributed by atoms with Crippen LogP contribution >= 0.6 is 0 Å². The average Bonchev–Trinajstić information content (AvgIpc) is 2.62. The van der Waals surface area contributed by atoms with Crippen LogP contribution in [0, 0.1) is 0 Å². The number of benzene rings is 2. The number of carbonyl (C=O) groups is 2. The summed E-state index contributed by atoms with van der Waals surface area (Å²) in [5.74, 6) is -1.48. The molecule has 0 amide bonds. The summed E-state index contributed by atoms with van der Waals surface area (Å²) < 4.78 is 10.3. The number of rotatable bonds is 7. The molecule has 0 saturated carbocycles. The fourth-order valence-corrected chi connectivity index (χ4v) is 2.14. The van der Waals surface area contributed by atoms with Gasteiger partial charge >= 0.3 is 11.9 Å². The second-order valence-electron chi connectivity index (χ2n) is 5.56. The average molecular weight is 344 g/mol. The van der Waals surface area contributed by atoms with Crippen LogP contribution in [0.5, 0.6) is 0 Å². The zero-order valence-corrected chi connectivity index (χ0v) is 13.7. The van der Waals surface area contributed by atoms with Crippen molar-refractivity contribution in [2.75, 3.05) is 0 Å². The molecule has 0 aliphatic carbocycles. The van der Waals surface area contributed by atoms with Gasteiger partial charge in [-0.2, -0.15) is 0 Å². The number of carbonyl (C=O) groups excluding carboxylic acids is 2. The van der Waals surface area contributed by atoms with E-state index in [1.807, 2.05) is 0 Å². The highest BCUT2D eigenvalue weighted by Gasteiger charge is 2.29. The van der Waals surface area contributed by atoms with Crippen LogP contribution < -0.4 is 0 Å². The summed E-state index contributed by atoms with van der Waals surface area (Å²) in [6, 6.07) is 16.3. The molecule has 0 fully saturated rings. The zero-order valence-electron chi connectivity index (χ0n) is 13.7. The molecule has 0 heterocycles. The van der Waals surface area contributed by atoms with Crippen LogP contribution in [0.25, 0.3) is 0 Å². The summed E-state index contributed by atoms with van der Waals surface area (Å²) in [6.45, 7) is 1.47. The molecule has 0 aliphatic heterocycles. The largest absolute Gasteiger partial charge is 0.419 e. The highest BCUT2D eigenvalue weighted by Crippen LogP contribution is 2.14. The maximum absolute atomic E-state index is 12.2. The minimum atomic E-state index is -1.53. The number of hydrogen-bond donors (Lipinski definition) is 2. The van der Waals surface area contributed by atoms with E-state index in [1.165, 1.54) is 6.92 Å². The Morgan fingerprint density at radius 3 is 1.60 bits per heavy atom. The number of aliphatic hydroxyl groups is 2. The first-order valence-corrected chi connectivity index (χ1v) is 7.85. The fraction of sp³-hybridized carbons (Fsp3) is 0.263. The summed E-state index contributed by atoms with van der Waals surface area (Å²) in [6.07, 6.45) is -3.87. The van der Waals surface area contributed by atoms with E-state index in [-0.39, 0.29) is 17.5 Å². The maximum Gasteiger partial charge on any atom is 0.341 e. The zero-order chi connectivity index (χ0) is 18.2. The van der Waals surface area contributed by atoms with E-state index in [2.05, 4.69) is 0 Å². The monoisotopic (exact) mass is 344 g/mol. The van der Waals surface area contributed by atoms with Gasteiger partial charge in [0.25, 0.3) is 6.29 Å². The third-order valence-electron chi connectivity index (χ3n) is 3.36. The maximum atomic E-state index is 12.2. The van der Waals surface area contributed by atoms with Gasteiger partial charge < -0.3 is 19.7 Å². The van der Waals surface area contributed by atoms with Crippen molar-refractivity contribution < 1.29 is 29.3 Å². The van der Waals surface area contributed by atoms with E-state index in [9.17, 15) is 19.8 Å². The predicted octanol–water partition coefficient (Wildman–Crippen LogP) is 2.16. The van der Waals surface area contributed by atoms with E-state index in [0.29, 0.717) is 0 Å². The van der Waals surface area contributed by atoms with Crippen molar-refractivity contribution in [2.45, 2.75) is 31.8 Å². The van der Waals surface area contributed by atoms with Crippen LogP contribution in [0.3, 0.4) is 0 Å². The molecular weight excluding hydrogens is 324 g/mol. The van der Waals surface area contributed by atoms with Crippen molar-refractivity contribution in [3.8, 4) is 0 Å². The molecule has 25 heavy (non-hydrogen) atoms. The van der Waals surface area contributed by atoms with Crippen LogP contribution in [0.15, 0.2) is 60.7 Å². The van der Waals surface area contributed by atoms with Gasteiger partial charge in [0.05, 0.1) is 17.2 Å². The molecule has 0 saturated heterocycles. The Morgan fingerprint density at radius 1 is 0.840 bits per heavy atom. The Balaban J connectivity index is 2.12. The van der Waals surface area contributed by atoms with Gasteiger partial charge in [0.15, 0.2) is 0 Å². The van der Waals surface area contributed by atoms with Crippen LogP contribution in [-0.4, -0.2) is 40.6 Å². The van der Waals surface area contributed by atoms with Gasteiger partial charge in [-0.1, -0.05) is 36.4 Å². The van der Waals surface area contributed by atoms with Crippen LogP contribution in [0.4, 0.5) is 0 Å². The molecule has 2 aromatic rings. The number of hydrogen-bond acceptors (Lipinski definition) is 6. The Hall–Kier alpha value is -2.70. The minimum absolute atomic E-state index is 0.116. The summed E-state index contributed by atoms with van der Waals surface area (Å²) >= 11 is 0. The molecule has 6 nitrogen and oxygen atoms in total. The highest BCUT2D eigenvalue weighted by molar-refractivity contribution is 5.91. The van der Waals surface area contributed by atoms with Gasteiger partial charge in [0, 0.05) is 6.42 Å². The molecule has 0 radical (unpaired) electrons. The van der Waals surface area contributed by atoms with E-state index in [1.54, 1.807) is 60.7 Å². The van der Waals surface area contributed by atoms with Crippen LogP contribution in [-0.2, 0) is 9.47 Å². The summed E-state index contributed by atoms with van der Waals surface area (Å²) in [5.41, 5.74) is 0.514. The Labute approximate surface area is 145 Å². The second-order valence-corrected chi connectivity index (χ2v) is 5.56. The second kappa shape index (κ2) is 8.96. The van der Waals surface area contributed by atoms with Crippen molar-refractivity contribution in [3.63, 3.8) is 0 Å². The Kier molecular flexibility index (Phi) is 6.68. The van der Waals surface area contributed by atoms with Gasteiger partial charge in [0.2, 0.25) is 0 Å². The van der Waals surface area contributed by atoms with Crippen LogP contribution in [0.1, 0.15) is 34.1 Å². The Morgan fingerprint density at radius 2 is 1.24 bits per heavy atom. The van der Waals surface area contributed by atoms with Gasteiger partial charge in [-0.15, -0.1) is 0 Å². The molecule has 2 rings (SSSR count). The number of esters is 2. The fourth-order valence-electron chi connectivity index (χ4n) is 2.14. The lowest BCUT2D eigenvalue weighted by Gasteiger charge is -2.24. The standard InChI is InChI=1S/C19H20O6/c1-13(20)12-16(21)19(24-17(22)14-8-4-2-5-9-14)25-18(23)15-10-6-3-7-11-15/h2-11,13,16,19-21H,12H2,1H3/t13-,16-/m0/s1. The first-order chi connectivity index (χ1) is 12.0. The highest BCUT2D eigenvalue weighted by atomic mass is 16.7. The molecule has 132 valence electrons. The molecule has 0 unspecified atom stereocenters. The van der Waals surface area contributed by atoms with Gasteiger partial charge in [0.1, 0.15) is 6.10 Å². The first-order valence-electron chi connectivity index (χ1n) is 7.85. The lowest BCUT2D eigenvalue weighted by atomic mass is 10.1. The summed E-state index contributed by atoms with van der Waals surface area (Å²) in [5, 5.41) is 19.6. The minimum Gasteiger partial charge on any atom is -0.419 e. The first kappa shape index (κ1) is 18.6. The van der Waals surface area contributed by atoms with E-state index in [4.69, 9.17) is 9.47 Å². The Bertz CT molecular complexity index is 630. The molecule has 0 spiro atoms. The van der Waals surface area contributed by atoms with E-state index < -0.39 is 30.4 Å². The molecule has 2 aromatic carbocycles. The number of aliphatic hydroxyl groups excluding tert-OH is 2. The topological polar surface area (TPSA) is 93.1 Å². The lowest BCUT2D eigenvalue weighted by Crippen LogP contribution is -2.37. The van der Waals surface area contributed by atoms with Gasteiger partial charge in [-0.05, 0) is 31.2 Å². The molecule has 0 aliphatic rings. The lowest BCUT2D eigenvalue weighted by molar-refractivity contribution is -0.143. The predicted molar refractivity (Wildman–Crippen MR) is 89.8 cm³/mol. The molecular formula is C19H20O6. The third kappa shape index (κ3) is 5.70.